The first-order chi connectivity index (χ1) is 10.6. The Morgan fingerprint density at radius 1 is 1.14 bits per heavy atom. The van der Waals surface area contributed by atoms with E-state index in [-0.39, 0.29) is 12.0 Å². The SMILES string of the molecule is N#Cc1cccc(C(=O)N[C@H](Cc2ccccc2)C(=O)O)c1. The van der Waals surface area contributed by atoms with Crippen molar-refractivity contribution >= 4 is 11.9 Å². The van der Waals surface area contributed by atoms with E-state index in [1.54, 1.807) is 24.3 Å². The van der Waals surface area contributed by atoms with Gasteiger partial charge in [0.15, 0.2) is 0 Å². The number of carbonyl (C=O) groups excluding carboxylic acids is 1. The molecule has 2 N–H and O–H groups in total. The number of rotatable bonds is 5. The Morgan fingerprint density at radius 2 is 1.86 bits per heavy atom. The Labute approximate surface area is 127 Å². The Balaban J connectivity index is 2.12. The molecule has 2 rings (SSSR count). The summed E-state index contributed by atoms with van der Waals surface area (Å²) in [6, 6.07) is 16.1. The smallest absolute Gasteiger partial charge is 0.326 e. The molecule has 0 radical (unpaired) electrons. The van der Waals surface area contributed by atoms with E-state index in [2.05, 4.69) is 5.32 Å². The third-order valence-corrected chi connectivity index (χ3v) is 3.14. The molecular formula is C17H14N2O3. The van der Waals surface area contributed by atoms with E-state index in [0.717, 1.165) is 5.56 Å². The normalized spacial score (nSPS) is 11.2. The maximum atomic E-state index is 12.1. The first kappa shape index (κ1) is 15.3. The second-order valence-electron chi connectivity index (χ2n) is 4.75. The van der Waals surface area contributed by atoms with Crippen molar-refractivity contribution in [2.45, 2.75) is 12.5 Å². The lowest BCUT2D eigenvalue weighted by atomic mass is 10.1. The summed E-state index contributed by atoms with van der Waals surface area (Å²) >= 11 is 0. The number of carboxylic acids is 1. The second kappa shape index (κ2) is 7.04. The number of carboxylic acid groups (broad SMARTS) is 1. The van der Waals surface area contributed by atoms with Crippen LogP contribution in [0.2, 0.25) is 0 Å². The topological polar surface area (TPSA) is 90.2 Å². The van der Waals surface area contributed by atoms with Gasteiger partial charge in [0, 0.05) is 12.0 Å². The molecule has 0 saturated carbocycles. The summed E-state index contributed by atoms with van der Waals surface area (Å²) < 4.78 is 0. The number of benzene rings is 2. The molecule has 0 fully saturated rings. The van der Waals surface area contributed by atoms with E-state index >= 15 is 0 Å². The summed E-state index contributed by atoms with van der Waals surface area (Å²) in [7, 11) is 0. The molecule has 5 nitrogen and oxygen atoms in total. The van der Waals surface area contributed by atoms with Crippen molar-refractivity contribution in [1.29, 1.82) is 5.26 Å². The predicted molar refractivity (Wildman–Crippen MR) is 80.2 cm³/mol. The van der Waals surface area contributed by atoms with Gasteiger partial charge in [-0.05, 0) is 23.8 Å². The van der Waals surface area contributed by atoms with E-state index in [1.807, 2.05) is 24.3 Å². The monoisotopic (exact) mass is 294 g/mol. The zero-order chi connectivity index (χ0) is 15.9. The van der Waals surface area contributed by atoms with Crippen LogP contribution in [-0.4, -0.2) is 23.0 Å². The molecule has 0 bridgehead atoms. The number of nitrogens with one attached hydrogen (secondary N) is 1. The fraction of sp³-hybridized carbons (Fsp3) is 0.118. The minimum absolute atomic E-state index is 0.194. The van der Waals surface area contributed by atoms with Gasteiger partial charge in [0.1, 0.15) is 6.04 Å². The average molecular weight is 294 g/mol. The van der Waals surface area contributed by atoms with E-state index < -0.39 is 17.9 Å². The van der Waals surface area contributed by atoms with Crippen LogP contribution in [0.15, 0.2) is 54.6 Å². The molecule has 1 atom stereocenters. The molecule has 0 aliphatic rings. The van der Waals surface area contributed by atoms with Gasteiger partial charge >= 0.3 is 5.97 Å². The van der Waals surface area contributed by atoms with E-state index in [0.29, 0.717) is 5.56 Å². The van der Waals surface area contributed by atoms with Crippen molar-refractivity contribution in [3.8, 4) is 6.07 Å². The van der Waals surface area contributed by atoms with Crippen LogP contribution in [0.1, 0.15) is 21.5 Å². The number of aliphatic carboxylic acids is 1. The molecule has 2 aromatic rings. The lowest BCUT2D eigenvalue weighted by molar-refractivity contribution is -0.139. The Bertz CT molecular complexity index is 720. The maximum Gasteiger partial charge on any atom is 0.326 e. The van der Waals surface area contributed by atoms with Crippen LogP contribution in [0.4, 0.5) is 0 Å². The first-order valence-corrected chi connectivity index (χ1v) is 6.68. The van der Waals surface area contributed by atoms with Crippen LogP contribution in [0.3, 0.4) is 0 Å². The van der Waals surface area contributed by atoms with Crippen molar-refractivity contribution in [3.05, 3.63) is 71.3 Å². The van der Waals surface area contributed by atoms with E-state index in [1.165, 1.54) is 12.1 Å². The van der Waals surface area contributed by atoms with Gasteiger partial charge < -0.3 is 10.4 Å². The van der Waals surface area contributed by atoms with Crippen molar-refractivity contribution in [2.75, 3.05) is 0 Å². The molecule has 2 aromatic carbocycles. The lowest BCUT2D eigenvalue weighted by Crippen LogP contribution is -2.42. The highest BCUT2D eigenvalue weighted by atomic mass is 16.4. The zero-order valence-corrected chi connectivity index (χ0v) is 11.7. The molecule has 0 saturated heterocycles. The van der Waals surface area contributed by atoms with Gasteiger partial charge in [-0.3, -0.25) is 4.79 Å². The van der Waals surface area contributed by atoms with Crippen molar-refractivity contribution in [3.63, 3.8) is 0 Å². The molecule has 1 amide bonds. The first-order valence-electron chi connectivity index (χ1n) is 6.68. The molecule has 0 spiro atoms. The molecule has 0 aliphatic heterocycles. The minimum Gasteiger partial charge on any atom is -0.480 e. The molecule has 0 aliphatic carbocycles. The Morgan fingerprint density at radius 3 is 2.50 bits per heavy atom. The quantitative estimate of drug-likeness (QED) is 0.882. The number of amides is 1. The number of nitrogens with zero attached hydrogens (tertiary/aromatic N) is 1. The second-order valence-corrected chi connectivity index (χ2v) is 4.75. The molecule has 110 valence electrons. The standard InChI is InChI=1S/C17H14N2O3/c18-11-13-7-4-8-14(9-13)16(20)19-15(17(21)22)10-12-5-2-1-3-6-12/h1-9,15H,10H2,(H,19,20)(H,21,22)/t15-/m1/s1. The highest BCUT2D eigenvalue weighted by molar-refractivity contribution is 5.96. The summed E-state index contributed by atoms with van der Waals surface area (Å²) in [6.45, 7) is 0. The summed E-state index contributed by atoms with van der Waals surface area (Å²) in [4.78, 5) is 23.5. The largest absolute Gasteiger partial charge is 0.480 e. The van der Waals surface area contributed by atoms with Crippen LogP contribution < -0.4 is 5.32 Å². The Kier molecular flexibility index (Phi) is 4.89. The summed E-state index contributed by atoms with van der Waals surface area (Å²) in [5.74, 6) is -1.62. The maximum absolute atomic E-state index is 12.1. The number of nitriles is 1. The van der Waals surface area contributed by atoms with Gasteiger partial charge in [0.2, 0.25) is 0 Å². The number of hydrogen-bond acceptors (Lipinski definition) is 3. The lowest BCUT2D eigenvalue weighted by Gasteiger charge is -2.14. The van der Waals surface area contributed by atoms with E-state index in [4.69, 9.17) is 5.26 Å². The molecule has 0 aromatic heterocycles. The van der Waals surface area contributed by atoms with Crippen LogP contribution in [-0.2, 0) is 11.2 Å². The fourth-order valence-corrected chi connectivity index (χ4v) is 2.02. The van der Waals surface area contributed by atoms with E-state index in [9.17, 15) is 14.7 Å². The Hall–Kier alpha value is -3.13. The zero-order valence-electron chi connectivity index (χ0n) is 11.7. The highest BCUT2D eigenvalue weighted by Crippen LogP contribution is 2.07. The average Bonchev–Trinajstić information content (AvgIpc) is 2.55. The van der Waals surface area contributed by atoms with Crippen LogP contribution >= 0.6 is 0 Å². The number of hydrogen-bond donors (Lipinski definition) is 2. The van der Waals surface area contributed by atoms with Crippen molar-refractivity contribution < 1.29 is 14.7 Å². The molecular weight excluding hydrogens is 280 g/mol. The third kappa shape index (κ3) is 3.93. The van der Waals surface area contributed by atoms with Crippen molar-refractivity contribution in [2.24, 2.45) is 0 Å². The number of carbonyl (C=O) groups is 2. The molecule has 22 heavy (non-hydrogen) atoms. The summed E-state index contributed by atoms with van der Waals surface area (Å²) in [6.07, 6.45) is 0.194. The van der Waals surface area contributed by atoms with Gasteiger partial charge in [0.05, 0.1) is 11.6 Å². The van der Waals surface area contributed by atoms with Crippen molar-refractivity contribution in [1.82, 2.24) is 5.32 Å². The van der Waals surface area contributed by atoms with Gasteiger partial charge in [-0.15, -0.1) is 0 Å². The molecule has 0 heterocycles. The van der Waals surface area contributed by atoms with Crippen LogP contribution in [0.5, 0.6) is 0 Å². The highest BCUT2D eigenvalue weighted by Gasteiger charge is 2.21. The third-order valence-electron chi connectivity index (χ3n) is 3.14. The van der Waals surface area contributed by atoms with Gasteiger partial charge in [-0.2, -0.15) is 5.26 Å². The van der Waals surface area contributed by atoms with Crippen LogP contribution in [0, 0.1) is 11.3 Å². The fourth-order valence-electron chi connectivity index (χ4n) is 2.02. The predicted octanol–water partition coefficient (Wildman–Crippen LogP) is 1.98. The van der Waals surface area contributed by atoms with Gasteiger partial charge in [0.25, 0.3) is 5.91 Å². The summed E-state index contributed by atoms with van der Waals surface area (Å²) in [5, 5.41) is 20.6. The van der Waals surface area contributed by atoms with Gasteiger partial charge in [-0.1, -0.05) is 36.4 Å². The van der Waals surface area contributed by atoms with Crippen LogP contribution in [0.25, 0.3) is 0 Å². The minimum atomic E-state index is -1.10. The van der Waals surface area contributed by atoms with Gasteiger partial charge in [-0.25, -0.2) is 4.79 Å². The molecule has 0 unspecified atom stereocenters. The molecule has 5 heteroatoms. The summed E-state index contributed by atoms with van der Waals surface area (Å²) in [5.41, 5.74) is 1.43.